The van der Waals surface area contributed by atoms with Crippen molar-refractivity contribution in [3.8, 4) is 0 Å². The summed E-state index contributed by atoms with van der Waals surface area (Å²) >= 11 is 6.31. The molecule has 0 aliphatic heterocycles. The molecule has 2 unspecified atom stereocenters. The van der Waals surface area contributed by atoms with Gasteiger partial charge in [-0.2, -0.15) is 5.10 Å². The monoisotopic (exact) mass is 284 g/mol. The molecule has 3 nitrogen and oxygen atoms in total. The Morgan fingerprint density at radius 3 is 2.68 bits per heavy atom. The molecule has 1 aromatic heterocycles. The lowest BCUT2D eigenvalue weighted by Crippen LogP contribution is -2.45. The summed E-state index contributed by atoms with van der Waals surface area (Å²) in [5, 5.41) is 16.1. The largest absolute Gasteiger partial charge is 0.389 e. The quantitative estimate of drug-likeness (QED) is 0.922. The summed E-state index contributed by atoms with van der Waals surface area (Å²) in [6.07, 6.45) is 4.96. The van der Waals surface area contributed by atoms with Crippen molar-refractivity contribution in [2.45, 2.75) is 58.5 Å². The first-order chi connectivity index (χ1) is 8.85. The summed E-state index contributed by atoms with van der Waals surface area (Å²) in [6.45, 7) is 6.38. The van der Waals surface area contributed by atoms with Crippen LogP contribution in [0, 0.1) is 18.8 Å². The van der Waals surface area contributed by atoms with Crippen LogP contribution in [0.3, 0.4) is 0 Å². The highest BCUT2D eigenvalue weighted by molar-refractivity contribution is 6.30. The van der Waals surface area contributed by atoms with E-state index in [2.05, 4.69) is 18.9 Å². The third kappa shape index (κ3) is 2.82. The smallest absolute Gasteiger partial charge is 0.130 e. The van der Waals surface area contributed by atoms with E-state index in [4.69, 9.17) is 11.6 Å². The molecule has 19 heavy (non-hydrogen) atoms. The van der Waals surface area contributed by atoms with Crippen LogP contribution in [-0.4, -0.2) is 20.5 Å². The molecule has 1 aliphatic carbocycles. The highest BCUT2D eigenvalue weighted by Gasteiger charge is 2.41. The Kier molecular flexibility index (Phi) is 4.26. The summed E-state index contributed by atoms with van der Waals surface area (Å²) < 4.78 is 1.70. The molecule has 2 atom stereocenters. The average molecular weight is 285 g/mol. The predicted molar refractivity (Wildman–Crippen MR) is 78.4 cm³/mol. The van der Waals surface area contributed by atoms with E-state index in [-0.39, 0.29) is 0 Å². The molecule has 1 aliphatic rings. The van der Waals surface area contributed by atoms with Gasteiger partial charge in [0.25, 0.3) is 0 Å². The lowest BCUT2D eigenvalue weighted by molar-refractivity contribution is -0.0653. The molecular formula is C15H25ClN2O. The Bertz CT molecular complexity index is 455. The van der Waals surface area contributed by atoms with E-state index < -0.39 is 5.60 Å². The molecule has 108 valence electrons. The first-order valence-corrected chi connectivity index (χ1v) is 7.63. The molecule has 1 saturated carbocycles. The second-order valence-electron chi connectivity index (χ2n) is 6.36. The fourth-order valence-electron chi connectivity index (χ4n) is 3.60. The van der Waals surface area contributed by atoms with Crippen molar-refractivity contribution in [2.75, 3.05) is 0 Å². The van der Waals surface area contributed by atoms with Gasteiger partial charge in [0.15, 0.2) is 0 Å². The summed E-state index contributed by atoms with van der Waals surface area (Å²) in [4.78, 5) is 0. The average Bonchev–Trinajstić information content (AvgIpc) is 2.56. The second-order valence-corrected chi connectivity index (χ2v) is 6.71. The van der Waals surface area contributed by atoms with Crippen LogP contribution in [0.2, 0.25) is 5.15 Å². The van der Waals surface area contributed by atoms with Gasteiger partial charge in [-0.05, 0) is 31.6 Å². The zero-order chi connectivity index (χ0) is 14.2. The lowest BCUT2D eigenvalue weighted by Gasteiger charge is -2.42. The molecule has 0 bridgehead atoms. The predicted octanol–water partition coefficient (Wildman–Crippen LogP) is 3.50. The molecule has 1 N–H and O–H groups in total. The standard InChI is InChI=1S/C15H25ClN2O/c1-10(2)13-7-5-6-8-15(13,19)9-12-11(3)17-18(4)14(12)16/h10,13,19H,5-9H2,1-4H3. The molecule has 4 heteroatoms. The maximum absolute atomic E-state index is 11.1. The topological polar surface area (TPSA) is 38.0 Å². The zero-order valence-electron chi connectivity index (χ0n) is 12.4. The van der Waals surface area contributed by atoms with Gasteiger partial charge in [0.05, 0.1) is 11.3 Å². The Morgan fingerprint density at radius 1 is 1.47 bits per heavy atom. The maximum Gasteiger partial charge on any atom is 0.130 e. The minimum Gasteiger partial charge on any atom is -0.389 e. The van der Waals surface area contributed by atoms with Gasteiger partial charge < -0.3 is 5.11 Å². The minimum atomic E-state index is -0.621. The molecule has 0 spiro atoms. The van der Waals surface area contributed by atoms with Crippen LogP contribution in [0.5, 0.6) is 0 Å². The first kappa shape index (κ1) is 14.9. The number of hydrogen-bond acceptors (Lipinski definition) is 2. The Morgan fingerprint density at radius 2 is 2.16 bits per heavy atom. The minimum absolute atomic E-state index is 0.358. The van der Waals surface area contributed by atoms with Crippen LogP contribution in [0.15, 0.2) is 0 Å². The van der Waals surface area contributed by atoms with Gasteiger partial charge in [-0.3, -0.25) is 4.68 Å². The third-order valence-electron chi connectivity index (χ3n) is 4.62. The van der Waals surface area contributed by atoms with Gasteiger partial charge in [0.2, 0.25) is 0 Å². The van der Waals surface area contributed by atoms with Gasteiger partial charge >= 0.3 is 0 Å². The molecule has 0 aromatic carbocycles. The SMILES string of the molecule is Cc1nn(C)c(Cl)c1CC1(O)CCCCC1C(C)C. The zero-order valence-corrected chi connectivity index (χ0v) is 13.2. The van der Waals surface area contributed by atoms with Crippen LogP contribution < -0.4 is 0 Å². The molecular weight excluding hydrogens is 260 g/mol. The van der Waals surface area contributed by atoms with Gasteiger partial charge in [0.1, 0.15) is 5.15 Å². The van der Waals surface area contributed by atoms with E-state index in [1.165, 1.54) is 6.42 Å². The van der Waals surface area contributed by atoms with Gasteiger partial charge in [0, 0.05) is 19.0 Å². The molecule has 1 heterocycles. The van der Waals surface area contributed by atoms with Crippen LogP contribution in [0.1, 0.15) is 50.8 Å². The number of rotatable bonds is 3. The normalized spacial score (nSPS) is 28.1. The highest BCUT2D eigenvalue weighted by Crippen LogP contribution is 2.41. The van der Waals surface area contributed by atoms with E-state index >= 15 is 0 Å². The van der Waals surface area contributed by atoms with Gasteiger partial charge in [-0.1, -0.05) is 38.3 Å². The molecule has 0 radical (unpaired) electrons. The number of aromatic nitrogens is 2. The maximum atomic E-state index is 11.1. The van der Waals surface area contributed by atoms with E-state index in [9.17, 15) is 5.11 Å². The summed E-state index contributed by atoms with van der Waals surface area (Å²) in [5.74, 6) is 0.859. The van der Waals surface area contributed by atoms with Crippen molar-refractivity contribution >= 4 is 11.6 Å². The number of aliphatic hydroxyl groups is 1. The van der Waals surface area contributed by atoms with Crippen molar-refractivity contribution < 1.29 is 5.11 Å². The summed E-state index contributed by atoms with van der Waals surface area (Å²) in [5.41, 5.74) is 1.33. The molecule has 1 fully saturated rings. The van der Waals surface area contributed by atoms with E-state index in [1.807, 2.05) is 14.0 Å². The van der Waals surface area contributed by atoms with Crippen LogP contribution >= 0.6 is 11.6 Å². The first-order valence-electron chi connectivity index (χ1n) is 7.25. The fourth-order valence-corrected chi connectivity index (χ4v) is 3.84. The van der Waals surface area contributed by atoms with Crippen molar-refractivity contribution in [2.24, 2.45) is 18.9 Å². The van der Waals surface area contributed by atoms with Gasteiger partial charge in [-0.25, -0.2) is 0 Å². The molecule has 0 amide bonds. The van der Waals surface area contributed by atoms with Crippen molar-refractivity contribution in [1.82, 2.24) is 9.78 Å². The highest BCUT2D eigenvalue weighted by atomic mass is 35.5. The molecule has 0 saturated heterocycles. The van der Waals surface area contributed by atoms with Crippen molar-refractivity contribution in [1.29, 1.82) is 0 Å². The second kappa shape index (κ2) is 5.45. The summed E-state index contributed by atoms with van der Waals surface area (Å²) in [7, 11) is 1.85. The lowest BCUT2D eigenvalue weighted by atomic mass is 9.68. The number of hydrogen-bond donors (Lipinski definition) is 1. The Hall–Kier alpha value is -0.540. The third-order valence-corrected chi connectivity index (χ3v) is 5.10. The van der Waals surface area contributed by atoms with Gasteiger partial charge in [-0.15, -0.1) is 0 Å². The van der Waals surface area contributed by atoms with E-state index in [0.717, 1.165) is 30.5 Å². The van der Waals surface area contributed by atoms with Crippen LogP contribution in [0.4, 0.5) is 0 Å². The number of halogens is 1. The Labute approximate surface area is 121 Å². The van der Waals surface area contributed by atoms with Crippen LogP contribution in [-0.2, 0) is 13.5 Å². The van der Waals surface area contributed by atoms with Crippen molar-refractivity contribution in [3.05, 3.63) is 16.4 Å². The molecule has 2 rings (SSSR count). The van der Waals surface area contributed by atoms with Crippen LogP contribution in [0.25, 0.3) is 0 Å². The molecule has 1 aromatic rings. The number of nitrogens with zero attached hydrogens (tertiary/aromatic N) is 2. The summed E-state index contributed by atoms with van der Waals surface area (Å²) in [6, 6.07) is 0. The fraction of sp³-hybridized carbons (Fsp3) is 0.800. The Balaban J connectivity index is 2.28. The van der Waals surface area contributed by atoms with E-state index in [0.29, 0.717) is 23.4 Å². The van der Waals surface area contributed by atoms with E-state index in [1.54, 1.807) is 4.68 Å². The van der Waals surface area contributed by atoms with Crippen molar-refractivity contribution in [3.63, 3.8) is 0 Å². The number of aryl methyl sites for hydroxylation is 2.